The van der Waals surface area contributed by atoms with Crippen LogP contribution in [0.15, 0.2) is 0 Å². The molecule has 0 amide bonds. The highest BCUT2D eigenvalue weighted by Gasteiger charge is 2.03. The van der Waals surface area contributed by atoms with Crippen LogP contribution in [0.25, 0.3) is 0 Å². The fourth-order valence-corrected chi connectivity index (χ4v) is 3.91. The number of hydrogen-bond donors (Lipinski definition) is 2. The van der Waals surface area contributed by atoms with Crippen LogP contribution >= 0.6 is 0 Å². The van der Waals surface area contributed by atoms with Crippen LogP contribution in [-0.2, 0) is 4.79 Å². The van der Waals surface area contributed by atoms with Gasteiger partial charge in [0.05, 0.1) is 6.10 Å². The summed E-state index contributed by atoms with van der Waals surface area (Å²) < 4.78 is 0. The molecule has 1 atom stereocenters. The predicted molar refractivity (Wildman–Crippen MR) is 121 cm³/mol. The van der Waals surface area contributed by atoms with Gasteiger partial charge in [-0.25, -0.2) is 0 Å². The molecule has 0 aromatic rings. The summed E-state index contributed by atoms with van der Waals surface area (Å²) in [5, 5.41) is 18.5. The van der Waals surface area contributed by atoms with Gasteiger partial charge in [-0.15, -0.1) is 0 Å². The van der Waals surface area contributed by atoms with Gasteiger partial charge in [0.2, 0.25) is 0 Å². The molecule has 0 saturated heterocycles. The maximum absolute atomic E-state index is 10.4. The summed E-state index contributed by atoms with van der Waals surface area (Å²) >= 11 is 0. The van der Waals surface area contributed by atoms with Crippen molar-refractivity contribution in [3.63, 3.8) is 0 Å². The highest BCUT2D eigenvalue weighted by Crippen LogP contribution is 2.15. The van der Waals surface area contributed by atoms with E-state index in [1.807, 2.05) is 0 Å². The predicted octanol–water partition coefficient (Wildman–Crippen LogP) is 8.03. The van der Waals surface area contributed by atoms with Gasteiger partial charge >= 0.3 is 5.97 Å². The maximum Gasteiger partial charge on any atom is 0.303 e. The van der Waals surface area contributed by atoms with Gasteiger partial charge in [0.1, 0.15) is 0 Å². The van der Waals surface area contributed by atoms with E-state index in [0.29, 0.717) is 6.42 Å². The number of carboxylic acid groups (broad SMARTS) is 1. The molecule has 28 heavy (non-hydrogen) atoms. The van der Waals surface area contributed by atoms with E-state index in [1.54, 1.807) is 0 Å². The second kappa shape index (κ2) is 22.7. The summed E-state index contributed by atoms with van der Waals surface area (Å²) in [6.45, 7) is 2.23. The topological polar surface area (TPSA) is 57.5 Å². The molecule has 1 unspecified atom stereocenters. The Labute approximate surface area is 175 Å². The van der Waals surface area contributed by atoms with Crippen molar-refractivity contribution in [3.8, 4) is 0 Å². The molecule has 0 radical (unpaired) electrons. The lowest BCUT2D eigenvalue weighted by molar-refractivity contribution is -0.137. The normalized spacial score (nSPS) is 12.4. The third-order valence-electron chi connectivity index (χ3n) is 5.82. The molecule has 0 bridgehead atoms. The van der Waals surface area contributed by atoms with E-state index in [2.05, 4.69) is 6.92 Å². The first-order valence-corrected chi connectivity index (χ1v) is 12.6. The molecule has 0 heterocycles. The molecule has 0 spiro atoms. The molecule has 0 aliphatic heterocycles. The summed E-state index contributed by atoms with van der Waals surface area (Å²) in [4.78, 5) is 10.4. The van der Waals surface area contributed by atoms with E-state index in [1.165, 1.54) is 109 Å². The Balaban J connectivity index is 3.09. The zero-order valence-corrected chi connectivity index (χ0v) is 18.9. The van der Waals surface area contributed by atoms with Gasteiger partial charge < -0.3 is 10.2 Å². The monoisotopic (exact) mass is 398 g/mol. The van der Waals surface area contributed by atoms with Crippen molar-refractivity contribution in [1.82, 2.24) is 0 Å². The van der Waals surface area contributed by atoms with Gasteiger partial charge in [0, 0.05) is 6.42 Å². The molecular weight excluding hydrogens is 348 g/mol. The lowest BCUT2D eigenvalue weighted by Crippen LogP contribution is -2.05. The second-order valence-corrected chi connectivity index (χ2v) is 8.74. The van der Waals surface area contributed by atoms with E-state index in [9.17, 15) is 9.90 Å². The fraction of sp³-hybridized carbons (Fsp3) is 0.960. The highest BCUT2D eigenvalue weighted by atomic mass is 16.4. The van der Waals surface area contributed by atoms with Gasteiger partial charge in [-0.3, -0.25) is 4.79 Å². The smallest absolute Gasteiger partial charge is 0.303 e. The van der Waals surface area contributed by atoms with Crippen molar-refractivity contribution in [2.75, 3.05) is 0 Å². The summed E-state index contributed by atoms with van der Waals surface area (Å²) in [6.07, 6.45) is 26.5. The SMILES string of the molecule is CCCCCCC(O)CCCCCCCCCCCCCCCCCC(=O)O. The standard InChI is InChI=1S/C25H50O3/c1-2-3-4-18-21-24(26)22-19-16-14-12-10-8-6-5-7-9-11-13-15-17-20-23-25(27)28/h24,26H,2-23H2,1H3,(H,27,28). The molecule has 0 saturated carbocycles. The van der Waals surface area contributed by atoms with Gasteiger partial charge in [0.25, 0.3) is 0 Å². The molecular formula is C25H50O3. The molecule has 2 N–H and O–H groups in total. The Bertz CT molecular complexity index is 317. The molecule has 0 aliphatic rings. The summed E-state index contributed by atoms with van der Waals surface area (Å²) in [6, 6.07) is 0. The second-order valence-electron chi connectivity index (χ2n) is 8.74. The summed E-state index contributed by atoms with van der Waals surface area (Å²) in [7, 11) is 0. The van der Waals surface area contributed by atoms with Crippen LogP contribution in [-0.4, -0.2) is 22.3 Å². The Morgan fingerprint density at radius 1 is 0.571 bits per heavy atom. The van der Waals surface area contributed by atoms with Crippen LogP contribution in [0.5, 0.6) is 0 Å². The lowest BCUT2D eigenvalue weighted by atomic mass is 10.0. The minimum absolute atomic E-state index is 0.0541. The molecule has 0 aliphatic carbocycles. The van der Waals surface area contributed by atoms with Crippen LogP contribution < -0.4 is 0 Å². The van der Waals surface area contributed by atoms with Crippen LogP contribution in [0.1, 0.15) is 148 Å². The minimum Gasteiger partial charge on any atom is -0.481 e. The highest BCUT2D eigenvalue weighted by molar-refractivity contribution is 5.66. The Morgan fingerprint density at radius 2 is 0.893 bits per heavy atom. The third-order valence-corrected chi connectivity index (χ3v) is 5.82. The van der Waals surface area contributed by atoms with Gasteiger partial charge in [-0.1, -0.05) is 122 Å². The molecule has 0 rings (SSSR count). The largest absolute Gasteiger partial charge is 0.481 e. The van der Waals surface area contributed by atoms with Gasteiger partial charge in [0.15, 0.2) is 0 Å². The Hall–Kier alpha value is -0.570. The maximum atomic E-state index is 10.4. The van der Waals surface area contributed by atoms with E-state index < -0.39 is 5.97 Å². The van der Waals surface area contributed by atoms with Crippen molar-refractivity contribution in [2.24, 2.45) is 0 Å². The zero-order chi connectivity index (χ0) is 20.7. The Kier molecular flexibility index (Phi) is 22.3. The summed E-state index contributed by atoms with van der Waals surface area (Å²) in [5.41, 5.74) is 0. The number of aliphatic hydroxyl groups is 1. The van der Waals surface area contributed by atoms with Crippen molar-refractivity contribution in [1.29, 1.82) is 0 Å². The van der Waals surface area contributed by atoms with Gasteiger partial charge in [-0.05, 0) is 19.3 Å². The van der Waals surface area contributed by atoms with Crippen LogP contribution in [0.3, 0.4) is 0 Å². The average molecular weight is 399 g/mol. The molecule has 3 heteroatoms. The average Bonchev–Trinajstić information content (AvgIpc) is 2.67. The van der Waals surface area contributed by atoms with E-state index in [-0.39, 0.29) is 6.10 Å². The van der Waals surface area contributed by atoms with Crippen LogP contribution in [0.4, 0.5) is 0 Å². The third kappa shape index (κ3) is 23.5. The number of aliphatic carboxylic acids is 1. The minimum atomic E-state index is -0.660. The van der Waals surface area contributed by atoms with Gasteiger partial charge in [-0.2, -0.15) is 0 Å². The van der Waals surface area contributed by atoms with Crippen molar-refractivity contribution in [2.45, 2.75) is 154 Å². The first kappa shape index (κ1) is 27.4. The van der Waals surface area contributed by atoms with Crippen molar-refractivity contribution < 1.29 is 15.0 Å². The lowest BCUT2D eigenvalue weighted by Gasteiger charge is -2.10. The van der Waals surface area contributed by atoms with Crippen LogP contribution in [0.2, 0.25) is 0 Å². The number of unbranched alkanes of at least 4 members (excludes halogenated alkanes) is 17. The van der Waals surface area contributed by atoms with Crippen LogP contribution in [0, 0.1) is 0 Å². The van der Waals surface area contributed by atoms with Crippen molar-refractivity contribution in [3.05, 3.63) is 0 Å². The van der Waals surface area contributed by atoms with E-state index in [4.69, 9.17) is 5.11 Å². The number of carboxylic acids is 1. The number of carbonyl (C=O) groups is 1. The van der Waals surface area contributed by atoms with Crippen molar-refractivity contribution >= 4 is 5.97 Å². The number of hydrogen-bond acceptors (Lipinski definition) is 2. The first-order chi connectivity index (χ1) is 13.7. The molecule has 168 valence electrons. The molecule has 0 aromatic carbocycles. The number of aliphatic hydroxyl groups excluding tert-OH is 1. The first-order valence-electron chi connectivity index (χ1n) is 12.6. The molecule has 0 aromatic heterocycles. The summed E-state index contributed by atoms with van der Waals surface area (Å²) in [5.74, 6) is -0.660. The van der Waals surface area contributed by atoms with E-state index >= 15 is 0 Å². The molecule has 3 nitrogen and oxygen atoms in total. The van der Waals surface area contributed by atoms with E-state index in [0.717, 1.165) is 25.7 Å². The zero-order valence-electron chi connectivity index (χ0n) is 18.9. The Morgan fingerprint density at radius 3 is 1.25 bits per heavy atom. The number of rotatable bonds is 23. The fourth-order valence-electron chi connectivity index (χ4n) is 3.91. The quantitative estimate of drug-likeness (QED) is 0.171. The molecule has 0 fully saturated rings.